The number of aliphatic hydroxyl groups excluding tert-OH is 2. The third-order valence-electron chi connectivity index (χ3n) is 3.81. The lowest BCUT2D eigenvalue weighted by molar-refractivity contribution is -0.0522. The molecule has 5 atom stereocenters. The van der Waals surface area contributed by atoms with Crippen LogP contribution < -0.4 is 21.7 Å². The van der Waals surface area contributed by atoms with Gasteiger partial charge in [0.1, 0.15) is 18.3 Å². The van der Waals surface area contributed by atoms with Gasteiger partial charge in [0.2, 0.25) is 0 Å². The maximum atomic E-state index is 12.2. The summed E-state index contributed by atoms with van der Waals surface area (Å²) in [6.45, 7) is 0.989. The third kappa shape index (κ3) is 3.56. The first-order valence-electron chi connectivity index (χ1n) is 7.46. The average Bonchev–Trinajstić information content (AvgIpc) is 3.12. The predicted molar refractivity (Wildman–Crippen MR) is 85.0 cm³/mol. The minimum Gasteiger partial charge on any atom is -0.446 e. The van der Waals surface area contributed by atoms with E-state index in [1.165, 1.54) is 6.92 Å². The van der Waals surface area contributed by atoms with Crippen LogP contribution in [-0.4, -0.2) is 54.6 Å². The molecule has 3 rings (SSSR count). The number of aromatic nitrogens is 4. The van der Waals surface area contributed by atoms with Crippen molar-refractivity contribution in [2.45, 2.75) is 31.5 Å². The molecule has 0 aliphatic carbocycles. The zero-order valence-corrected chi connectivity index (χ0v) is 14.3. The first-order valence-corrected chi connectivity index (χ1v) is 9.04. The lowest BCUT2D eigenvalue weighted by Gasteiger charge is -2.18. The van der Waals surface area contributed by atoms with Gasteiger partial charge in [-0.2, -0.15) is 0 Å². The quantitative estimate of drug-likeness (QED) is 0.396. The summed E-state index contributed by atoms with van der Waals surface area (Å²) in [7, 11) is -4.29. The van der Waals surface area contributed by atoms with Gasteiger partial charge in [0.15, 0.2) is 6.23 Å². The van der Waals surface area contributed by atoms with Crippen molar-refractivity contribution in [2.24, 2.45) is 0 Å². The van der Waals surface area contributed by atoms with Crippen LogP contribution in [0.4, 0.5) is 0 Å². The molecular formula is C13H16N4O8P-. The van der Waals surface area contributed by atoms with Crippen LogP contribution in [0.25, 0.3) is 0 Å². The maximum Gasteiger partial charge on any atom is 0.354 e. The molecule has 1 fully saturated rings. The maximum absolute atomic E-state index is 12.2. The van der Waals surface area contributed by atoms with Gasteiger partial charge in [-0.05, 0) is 6.92 Å². The highest BCUT2D eigenvalue weighted by molar-refractivity contribution is 7.60. The topological polar surface area (TPSA) is 178 Å². The van der Waals surface area contributed by atoms with Crippen molar-refractivity contribution in [1.29, 1.82) is 0 Å². The van der Waals surface area contributed by atoms with Gasteiger partial charge < -0.3 is 34.3 Å². The van der Waals surface area contributed by atoms with E-state index in [1.54, 1.807) is 0 Å². The molecule has 1 aliphatic heterocycles. The van der Waals surface area contributed by atoms with Crippen LogP contribution in [0.1, 0.15) is 12.1 Å². The number of hydrogen-bond acceptors (Lipinski definition) is 8. The Bertz CT molecular complexity index is 952. The van der Waals surface area contributed by atoms with Crippen molar-refractivity contribution >= 4 is 13.0 Å². The number of aliphatic hydroxyl groups is 2. The summed E-state index contributed by atoms with van der Waals surface area (Å²) in [4.78, 5) is 42.3. The molecule has 1 saturated heterocycles. The molecule has 0 aromatic carbocycles. The number of H-pyrrole nitrogens is 1. The predicted octanol–water partition coefficient (Wildman–Crippen LogP) is -2.66. The highest BCUT2D eigenvalue weighted by Gasteiger charge is 2.45. The van der Waals surface area contributed by atoms with Crippen LogP contribution in [0.15, 0.2) is 28.0 Å². The van der Waals surface area contributed by atoms with E-state index in [-0.39, 0.29) is 5.44 Å². The van der Waals surface area contributed by atoms with Gasteiger partial charge in [0.05, 0.1) is 6.61 Å². The normalized spacial score (nSPS) is 28.2. The molecule has 3 heterocycles. The summed E-state index contributed by atoms with van der Waals surface area (Å²) < 4.78 is 23.4. The van der Waals surface area contributed by atoms with E-state index in [2.05, 4.69) is 9.97 Å². The van der Waals surface area contributed by atoms with Crippen molar-refractivity contribution in [3.8, 4) is 0 Å². The molecule has 1 aliphatic rings. The van der Waals surface area contributed by atoms with Gasteiger partial charge in [-0.25, -0.2) is 4.79 Å². The summed E-state index contributed by atoms with van der Waals surface area (Å²) in [5, 5.41) is 20.2. The van der Waals surface area contributed by atoms with E-state index in [0.29, 0.717) is 5.82 Å². The van der Waals surface area contributed by atoms with Crippen LogP contribution in [0.3, 0.4) is 0 Å². The van der Waals surface area contributed by atoms with Crippen LogP contribution in [0.5, 0.6) is 0 Å². The smallest absolute Gasteiger partial charge is 0.354 e. The van der Waals surface area contributed by atoms with Gasteiger partial charge >= 0.3 is 13.3 Å². The molecule has 0 amide bonds. The number of imidazole rings is 1. The second kappa shape index (κ2) is 6.91. The Morgan fingerprint density at radius 3 is 2.77 bits per heavy atom. The van der Waals surface area contributed by atoms with Crippen LogP contribution in [0.2, 0.25) is 0 Å². The molecule has 1 unspecified atom stereocenters. The highest BCUT2D eigenvalue weighted by atomic mass is 31.2. The first kappa shape index (κ1) is 18.7. The van der Waals surface area contributed by atoms with Crippen molar-refractivity contribution in [1.82, 2.24) is 19.5 Å². The first-order chi connectivity index (χ1) is 12.2. The molecule has 12 nitrogen and oxygen atoms in total. The lowest BCUT2D eigenvalue weighted by Crippen LogP contribution is -2.37. The zero-order chi connectivity index (χ0) is 19.1. The molecule has 2 aromatic rings. The Balaban J connectivity index is 1.73. The van der Waals surface area contributed by atoms with Gasteiger partial charge in [0, 0.05) is 17.7 Å². The lowest BCUT2D eigenvalue weighted by atomic mass is 10.1. The van der Waals surface area contributed by atoms with Gasteiger partial charge in [-0.15, -0.1) is 0 Å². The number of nitrogens with zero attached hydrogens (tertiary/aromatic N) is 3. The molecule has 0 spiro atoms. The third-order valence-corrected chi connectivity index (χ3v) is 5.10. The SMILES string of the molecule is Cc1nc(P(=O)(O)OC[C@H]2O[C@@H](n3ccc(=O)[nH]c3=O)[C@H](O)[C@@H]2O)c[n-]1. The molecule has 2 aromatic heterocycles. The second-order valence-corrected chi connectivity index (χ2v) is 7.41. The fourth-order valence-corrected chi connectivity index (χ4v) is 3.43. The molecule has 0 bridgehead atoms. The van der Waals surface area contributed by atoms with E-state index in [1.807, 2.05) is 4.98 Å². The molecule has 13 heteroatoms. The van der Waals surface area contributed by atoms with E-state index in [0.717, 1.165) is 23.0 Å². The standard InChI is InChI=1S/C13H17N4O8P/c1-6-14-4-9(15-6)26(22,23)24-5-7-10(19)11(20)12(25-7)17-3-2-8(18)16-13(17)21/h2-4,7,10-12,19-20H,5H2,1H3,(H3,14,15,16,18,21,22,23)/p-1/t7-,10-,11-,12-/m1/s1. The Morgan fingerprint density at radius 1 is 1.42 bits per heavy atom. The summed E-state index contributed by atoms with van der Waals surface area (Å²) >= 11 is 0. The van der Waals surface area contributed by atoms with Crippen LogP contribution in [-0.2, 0) is 13.8 Å². The van der Waals surface area contributed by atoms with E-state index in [9.17, 15) is 29.3 Å². The zero-order valence-electron chi connectivity index (χ0n) is 13.4. The molecule has 0 saturated carbocycles. The number of ether oxygens (including phenoxy) is 1. The fraction of sp³-hybridized carbons (Fsp3) is 0.462. The monoisotopic (exact) mass is 387 g/mol. The van der Waals surface area contributed by atoms with Gasteiger partial charge in [-0.1, -0.05) is 12.0 Å². The molecular weight excluding hydrogens is 371 g/mol. The Kier molecular flexibility index (Phi) is 4.97. The molecule has 142 valence electrons. The number of hydrogen-bond donors (Lipinski definition) is 4. The second-order valence-electron chi connectivity index (χ2n) is 5.66. The van der Waals surface area contributed by atoms with E-state index in [4.69, 9.17) is 9.26 Å². The molecule has 0 radical (unpaired) electrons. The van der Waals surface area contributed by atoms with Gasteiger partial charge in [-0.3, -0.25) is 18.9 Å². The Morgan fingerprint density at radius 2 is 2.15 bits per heavy atom. The summed E-state index contributed by atoms with van der Waals surface area (Å²) in [5.41, 5.74) is -1.73. The fourth-order valence-electron chi connectivity index (χ4n) is 2.48. The average molecular weight is 387 g/mol. The summed E-state index contributed by atoms with van der Waals surface area (Å²) in [6, 6.07) is 1.05. The number of aryl methyl sites for hydroxylation is 1. The Hall–Kier alpha value is -2.08. The Labute approximate surface area is 145 Å². The number of rotatable bonds is 5. The largest absolute Gasteiger partial charge is 0.446 e. The van der Waals surface area contributed by atoms with Crippen LogP contribution >= 0.6 is 7.60 Å². The number of nitrogens with one attached hydrogen (secondary N) is 1. The van der Waals surface area contributed by atoms with Crippen molar-refractivity contribution in [2.75, 3.05) is 6.61 Å². The van der Waals surface area contributed by atoms with E-state index < -0.39 is 50.0 Å². The number of aromatic amines is 1. The molecule has 4 N–H and O–H groups in total. The van der Waals surface area contributed by atoms with E-state index >= 15 is 0 Å². The van der Waals surface area contributed by atoms with Crippen molar-refractivity contribution < 1.29 is 28.9 Å². The minimum atomic E-state index is -4.29. The minimum absolute atomic E-state index is 0.253. The van der Waals surface area contributed by atoms with Gasteiger partial charge in [0.25, 0.3) is 5.56 Å². The van der Waals surface area contributed by atoms with Crippen molar-refractivity contribution in [3.63, 3.8) is 0 Å². The molecule has 26 heavy (non-hydrogen) atoms. The highest BCUT2D eigenvalue weighted by Crippen LogP contribution is 2.41. The summed E-state index contributed by atoms with van der Waals surface area (Å²) in [6.07, 6.45) is -3.32. The summed E-state index contributed by atoms with van der Waals surface area (Å²) in [5.74, 6) is 0.294. The van der Waals surface area contributed by atoms with Crippen LogP contribution in [0, 0.1) is 6.92 Å². The van der Waals surface area contributed by atoms with Crippen molar-refractivity contribution in [3.05, 3.63) is 45.1 Å².